The van der Waals surface area contributed by atoms with E-state index in [1.54, 1.807) is 6.07 Å². The van der Waals surface area contributed by atoms with E-state index in [1.807, 2.05) is 19.1 Å². The maximum Gasteiger partial charge on any atom is 0.222 e. The number of halogens is 1. The van der Waals surface area contributed by atoms with Crippen molar-refractivity contribution in [1.82, 2.24) is 4.90 Å². The molecule has 0 aliphatic heterocycles. The van der Waals surface area contributed by atoms with Crippen LogP contribution in [0.4, 0.5) is 4.39 Å². The van der Waals surface area contributed by atoms with Gasteiger partial charge in [-0.15, -0.1) is 0 Å². The molecule has 2 N–H and O–H groups in total. The second-order valence-electron chi connectivity index (χ2n) is 12.9. The smallest absolute Gasteiger partial charge is 0.222 e. The number of aliphatic hydroxyl groups excluding tert-OH is 1. The van der Waals surface area contributed by atoms with Crippen molar-refractivity contribution >= 4 is 5.91 Å². The first kappa shape index (κ1) is 29.4. The molecule has 0 heterocycles. The first-order valence-corrected chi connectivity index (χ1v) is 15.7. The molecule has 1 aromatic carbocycles. The fraction of sp³-hybridized carbons (Fsp3) is 0.788. The highest BCUT2D eigenvalue weighted by Crippen LogP contribution is 2.63. The van der Waals surface area contributed by atoms with Gasteiger partial charge in [-0.05, 0) is 91.4 Å². The van der Waals surface area contributed by atoms with Gasteiger partial charge in [-0.2, -0.15) is 0 Å². The Kier molecular flexibility index (Phi) is 10.2. The van der Waals surface area contributed by atoms with Crippen LogP contribution in [0.2, 0.25) is 0 Å². The standard InChI is InChI=1S/C33H52FNO3/c1-4-6-7-8-9-11-18-35(30(38)5-2)19-12-10-13-23-20-24-21-25(36)14-15-26(24)32-28(34)22-33(3)27(31(23)32)16-17-29(33)37/h14-15,21,23,27-29,31-32,36-37H,4-13,16-20,22H2,1-3H3/t23-,27?,28+,29+,31?,32?,33+/m1/s1. The third-order valence-electron chi connectivity index (χ3n) is 10.5. The average molecular weight is 530 g/mol. The van der Waals surface area contributed by atoms with Gasteiger partial charge in [0.25, 0.3) is 0 Å². The molecular weight excluding hydrogens is 477 g/mol. The Bertz CT molecular complexity index is 922. The minimum Gasteiger partial charge on any atom is -0.508 e. The summed E-state index contributed by atoms with van der Waals surface area (Å²) in [5.74, 6) is 1.29. The lowest BCUT2D eigenvalue weighted by Crippen LogP contribution is -2.51. The van der Waals surface area contributed by atoms with E-state index in [0.29, 0.717) is 24.7 Å². The van der Waals surface area contributed by atoms with Crippen molar-refractivity contribution in [2.45, 2.75) is 129 Å². The van der Waals surface area contributed by atoms with Gasteiger partial charge in [0.15, 0.2) is 0 Å². The van der Waals surface area contributed by atoms with E-state index in [4.69, 9.17) is 0 Å². The van der Waals surface area contributed by atoms with Crippen LogP contribution >= 0.6 is 0 Å². The number of phenols is 1. The molecule has 3 unspecified atom stereocenters. The summed E-state index contributed by atoms with van der Waals surface area (Å²) in [7, 11) is 0. The van der Waals surface area contributed by atoms with Crippen LogP contribution in [0.15, 0.2) is 18.2 Å². The van der Waals surface area contributed by atoms with Crippen LogP contribution in [0.3, 0.4) is 0 Å². The van der Waals surface area contributed by atoms with Crippen molar-refractivity contribution < 1.29 is 19.4 Å². The molecule has 1 amide bonds. The summed E-state index contributed by atoms with van der Waals surface area (Å²) in [5, 5.41) is 21.0. The topological polar surface area (TPSA) is 60.8 Å². The number of unbranched alkanes of at least 4 members (excludes halogenated alkanes) is 6. The number of rotatable bonds is 13. The first-order chi connectivity index (χ1) is 18.3. The monoisotopic (exact) mass is 529 g/mol. The molecule has 3 aliphatic rings. The Morgan fingerprint density at radius 1 is 1.05 bits per heavy atom. The van der Waals surface area contributed by atoms with E-state index in [1.165, 1.54) is 32.1 Å². The summed E-state index contributed by atoms with van der Waals surface area (Å²) in [4.78, 5) is 14.7. The lowest BCUT2D eigenvalue weighted by molar-refractivity contribution is -0.131. The Morgan fingerprint density at radius 3 is 2.50 bits per heavy atom. The highest BCUT2D eigenvalue weighted by Gasteiger charge is 2.59. The number of phenolic OH excluding ortho intramolecular Hbond substituents is 1. The number of nitrogens with zero attached hydrogens (tertiary/aromatic N) is 1. The van der Waals surface area contributed by atoms with E-state index < -0.39 is 12.3 Å². The van der Waals surface area contributed by atoms with Gasteiger partial charge in [-0.25, -0.2) is 4.39 Å². The van der Waals surface area contributed by atoms with Crippen LogP contribution in [-0.4, -0.2) is 46.4 Å². The van der Waals surface area contributed by atoms with Crippen LogP contribution in [0.25, 0.3) is 0 Å². The molecule has 38 heavy (non-hydrogen) atoms. The Labute approximate surface area is 230 Å². The predicted molar refractivity (Wildman–Crippen MR) is 152 cm³/mol. The van der Waals surface area contributed by atoms with Crippen molar-refractivity contribution in [3.05, 3.63) is 29.3 Å². The zero-order valence-electron chi connectivity index (χ0n) is 24.1. The van der Waals surface area contributed by atoms with E-state index in [-0.39, 0.29) is 28.9 Å². The van der Waals surface area contributed by atoms with Crippen LogP contribution < -0.4 is 0 Å². The number of aromatic hydroxyl groups is 1. The average Bonchev–Trinajstić information content (AvgIpc) is 3.19. The first-order valence-electron chi connectivity index (χ1n) is 15.7. The summed E-state index contributed by atoms with van der Waals surface area (Å²) in [6, 6.07) is 5.52. The fourth-order valence-corrected chi connectivity index (χ4v) is 8.41. The van der Waals surface area contributed by atoms with Crippen molar-refractivity contribution in [2.24, 2.45) is 23.2 Å². The molecule has 4 rings (SSSR count). The highest BCUT2D eigenvalue weighted by molar-refractivity contribution is 5.75. The SMILES string of the molecule is CCCCCCCCN(CCCC[C@@H]1Cc2cc(O)ccc2C2C1C1CC[C@H](O)[C@@]1(C)C[C@@H]2F)C(=O)CC. The molecule has 5 heteroatoms. The lowest BCUT2D eigenvalue weighted by Gasteiger charge is -2.54. The van der Waals surface area contributed by atoms with Gasteiger partial charge >= 0.3 is 0 Å². The van der Waals surface area contributed by atoms with E-state index in [0.717, 1.165) is 69.2 Å². The van der Waals surface area contributed by atoms with Gasteiger partial charge in [0.1, 0.15) is 11.9 Å². The summed E-state index contributed by atoms with van der Waals surface area (Å²) in [6.07, 6.45) is 12.6. The number of alkyl halides is 1. The number of hydrogen-bond donors (Lipinski definition) is 2. The molecular formula is C33H52FNO3. The molecule has 214 valence electrons. The van der Waals surface area contributed by atoms with Crippen LogP contribution in [-0.2, 0) is 11.2 Å². The molecule has 7 atom stereocenters. The number of amides is 1. The fourth-order valence-electron chi connectivity index (χ4n) is 8.41. The molecule has 0 spiro atoms. The zero-order chi connectivity index (χ0) is 27.3. The van der Waals surface area contributed by atoms with E-state index >= 15 is 4.39 Å². The number of aliphatic hydroxyl groups is 1. The molecule has 4 nitrogen and oxygen atoms in total. The number of benzene rings is 1. The predicted octanol–water partition coefficient (Wildman–Crippen LogP) is 7.55. The van der Waals surface area contributed by atoms with Crippen LogP contribution in [0.1, 0.15) is 121 Å². The number of carbonyl (C=O) groups is 1. The van der Waals surface area contributed by atoms with Gasteiger partial charge in [0, 0.05) is 25.4 Å². The summed E-state index contributed by atoms with van der Waals surface area (Å²) >= 11 is 0. The normalized spacial score (nSPS) is 31.9. The Morgan fingerprint density at radius 2 is 1.76 bits per heavy atom. The molecule has 1 aromatic rings. The number of carbonyl (C=O) groups excluding carboxylic acids is 1. The lowest BCUT2D eigenvalue weighted by atomic mass is 9.51. The largest absolute Gasteiger partial charge is 0.508 e. The Balaban J connectivity index is 1.40. The second-order valence-corrected chi connectivity index (χ2v) is 12.9. The van der Waals surface area contributed by atoms with Crippen molar-refractivity contribution in [3.63, 3.8) is 0 Å². The molecule has 2 saturated carbocycles. The van der Waals surface area contributed by atoms with Crippen molar-refractivity contribution in [1.29, 1.82) is 0 Å². The zero-order valence-corrected chi connectivity index (χ0v) is 24.1. The van der Waals surface area contributed by atoms with Gasteiger partial charge in [0.05, 0.1) is 6.10 Å². The van der Waals surface area contributed by atoms with E-state index in [2.05, 4.69) is 18.7 Å². The van der Waals surface area contributed by atoms with Crippen LogP contribution in [0, 0.1) is 23.2 Å². The van der Waals surface area contributed by atoms with E-state index in [9.17, 15) is 15.0 Å². The number of fused-ring (bicyclic) bond motifs is 5. The second kappa shape index (κ2) is 13.2. The van der Waals surface area contributed by atoms with Gasteiger partial charge < -0.3 is 15.1 Å². The van der Waals surface area contributed by atoms with Gasteiger partial charge in [-0.1, -0.05) is 65.4 Å². The van der Waals surface area contributed by atoms with Crippen molar-refractivity contribution in [3.8, 4) is 5.75 Å². The highest BCUT2D eigenvalue weighted by atomic mass is 19.1. The summed E-state index contributed by atoms with van der Waals surface area (Å²) < 4.78 is 15.9. The molecule has 3 aliphatic carbocycles. The molecule has 0 aromatic heterocycles. The Hall–Kier alpha value is -1.62. The van der Waals surface area contributed by atoms with Gasteiger partial charge in [-0.3, -0.25) is 4.79 Å². The quantitative estimate of drug-likeness (QED) is 0.259. The molecule has 0 radical (unpaired) electrons. The molecule has 0 bridgehead atoms. The summed E-state index contributed by atoms with van der Waals surface area (Å²) in [5.41, 5.74) is 1.85. The maximum atomic E-state index is 15.9. The third kappa shape index (κ3) is 6.24. The van der Waals surface area contributed by atoms with Crippen LogP contribution in [0.5, 0.6) is 5.75 Å². The summed E-state index contributed by atoms with van der Waals surface area (Å²) in [6.45, 7) is 7.98. The maximum absolute atomic E-state index is 15.9. The molecule has 0 saturated heterocycles. The minimum atomic E-state index is -0.963. The van der Waals surface area contributed by atoms with Crippen molar-refractivity contribution in [2.75, 3.05) is 13.1 Å². The van der Waals surface area contributed by atoms with Gasteiger partial charge in [0.2, 0.25) is 5.91 Å². The number of hydrogen-bond acceptors (Lipinski definition) is 3. The minimum absolute atomic E-state index is 0.140. The molecule has 2 fully saturated rings. The third-order valence-corrected chi connectivity index (χ3v) is 10.5.